The van der Waals surface area contributed by atoms with Crippen LogP contribution < -0.4 is 0 Å². The van der Waals surface area contributed by atoms with Gasteiger partial charge in [0.2, 0.25) is 0 Å². The summed E-state index contributed by atoms with van der Waals surface area (Å²) in [6, 6.07) is 0. The summed E-state index contributed by atoms with van der Waals surface area (Å²) in [5.41, 5.74) is 3.48. The van der Waals surface area contributed by atoms with Gasteiger partial charge in [0.15, 0.2) is 5.89 Å². The second-order valence-electron chi connectivity index (χ2n) is 6.05. The van der Waals surface area contributed by atoms with E-state index in [1.807, 2.05) is 20.0 Å². The molecule has 112 valence electrons. The van der Waals surface area contributed by atoms with Crippen LogP contribution in [0, 0.1) is 13.8 Å². The van der Waals surface area contributed by atoms with Crippen molar-refractivity contribution in [2.45, 2.75) is 53.1 Å². The van der Waals surface area contributed by atoms with Crippen molar-refractivity contribution < 1.29 is 4.42 Å². The van der Waals surface area contributed by atoms with Crippen molar-refractivity contribution in [3.05, 3.63) is 40.6 Å². The van der Waals surface area contributed by atoms with E-state index in [0.29, 0.717) is 5.92 Å². The van der Waals surface area contributed by atoms with Gasteiger partial charge in [-0.3, -0.25) is 4.90 Å². The van der Waals surface area contributed by atoms with Gasteiger partial charge in [0.25, 0.3) is 0 Å². The number of hydrogen-bond donors (Lipinski definition) is 0. The zero-order chi connectivity index (χ0) is 15.0. The Bertz CT molecular complexity index is 648. The quantitative estimate of drug-likeness (QED) is 0.868. The maximum atomic E-state index is 5.51. The van der Waals surface area contributed by atoms with E-state index >= 15 is 0 Å². The Labute approximate surface area is 125 Å². The first kappa shape index (κ1) is 14.2. The van der Waals surface area contributed by atoms with E-state index in [0.717, 1.165) is 49.2 Å². The summed E-state index contributed by atoms with van der Waals surface area (Å²) in [5, 5.41) is 0. The zero-order valence-corrected chi connectivity index (χ0v) is 13.2. The molecule has 0 saturated heterocycles. The van der Waals surface area contributed by atoms with Crippen molar-refractivity contribution in [1.29, 1.82) is 0 Å². The molecule has 1 aliphatic heterocycles. The van der Waals surface area contributed by atoms with E-state index in [1.165, 1.54) is 11.3 Å². The predicted molar refractivity (Wildman–Crippen MR) is 79.9 cm³/mol. The van der Waals surface area contributed by atoms with Crippen LogP contribution in [-0.4, -0.2) is 26.4 Å². The standard InChI is InChI=1S/C16H22N4O/c1-10(2)16-17-7-13-8-20(6-5-14(13)19-16)9-15-11(3)21-12(4)18-15/h7,10H,5-6,8-9H2,1-4H3. The summed E-state index contributed by atoms with van der Waals surface area (Å²) in [7, 11) is 0. The lowest BCUT2D eigenvalue weighted by Gasteiger charge is -2.27. The van der Waals surface area contributed by atoms with Gasteiger partial charge in [0.05, 0.1) is 5.69 Å². The third-order valence-electron chi connectivity index (χ3n) is 3.92. The molecule has 2 aromatic heterocycles. The maximum absolute atomic E-state index is 5.51. The molecule has 0 atom stereocenters. The van der Waals surface area contributed by atoms with E-state index in [-0.39, 0.29) is 0 Å². The number of rotatable bonds is 3. The number of nitrogens with zero attached hydrogens (tertiary/aromatic N) is 4. The van der Waals surface area contributed by atoms with E-state index in [2.05, 4.69) is 28.7 Å². The van der Waals surface area contributed by atoms with Gasteiger partial charge in [0.1, 0.15) is 11.6 Å². The molecule has 0 fully saturated rings. The molecule has 1 aliphatic rings. The molecule has 3 rings (SSSR count). The minimum Gasteiger partial charge on any atom is -0.446 e. The summed E-state index contributed by atoms with van der Waals surface area (Å²) in [4.78, 5) is 16.0. The molecule has 5 nitrogen and oxygen atoms in total. The molecule has 0 aliphatic carbocycles. The number of oxazole rings is 1. The lowest BCUT2D eigenvalue weighted by molar-refractivity contribution is 0.238. The van der Waals surface area contributed by atoms with Crippen molar-refractivity contribution in [2.24, 2.45) is 0 Å². The molecular weight excluding hydrogens is 264 g/mol. The molecule has 2 aromatic rings. The van der Waals surface area contributed by atoms with Crippen molar-refractivity contribution in [2.75, 3.05) is 6.54 Å². The van der Waals surface area contributed by atoms with Crippen LogP contribution in [0.4, 0.5) is 0 Å². The Morgan fingerprint density at radius 1 is 1.29 bits per heavy atom. The number of hydrogen-bond acceptors (Lipinski definition) is 5. The van der Waals surface area contributed by atoms with Gasteiger partial charge in [-0.1, -0.05) is 13.8 Å². The summed E-state index contributed by atoms with van der Waals surface area (Å²) >= 11 is 0. The van der Waals surface area contributed by atoms with Crippen LogP contribution in [0.3, 0.4) is 0 Å². The largest absolute Gasteiger partial charge is 0.446 e. The topological polar surface area (TPSA) is 55.1 Å². The van der Waals surface area contributed by atoms with Gasteiger partial charge in [0, 0.05) is 56.4 Å². The van der Waals surface area contributed by atoms with Crippen LogP contribution in [0.25, 0.3) is 0 Å². The highest BCUT2D eigenvalue weighted by atomic mass is 16.4. The molecule has 0 N–H and O–H groups in total. The fraction of sp³-hybridized carbons (Fsp3) is 0.562. The van der Waals surface area contributed by atoms with E-state index in [4.69, 9.17) is 9.40 Å². The molecule has 0 unspecified atom stereocenters. The van der Waals surface area contributed by atoms with Crippen LogP contribution in [-0.2, 0) is 19.5 Å². The first-order valence-electron chi connectivity index (χ1n) is 7.53. The average Bonchev–Trinajstić information content (AvgIpc) is 2.76. The molecular formula is C16H22N4O. The van der Waals surface area contributed by atoms with Gasteiger partial charge < -0.3 is 4.42 Å². The summed E-state index contributed by atoms with van der Waals surface area (Å²) in [6.45, 7) is 10.9. The second-order valence-corrected chi connectivity index (χ2v) is 6.05. The third-order valence-corrected chi connectivity index (χ3v) is 3.92. The molecule has 0 radical (unpaired) electrons. The Balaban J connectivity index is 1.74. The third kappa shape index (κ3) is 2.97. The molecule has 3 heterocycles. The number of aromatic nitrogens is 3. The normalized spacial score (nSPS) is 15.5. The van der Waals surface area contributed by atoms with Crippen molar-refractivity contribution in [3.63, 3.8) is 0 Å². The Morgan fingerprint density at radius 2 is 2.10 bits per heavy atom. The molecule has 0 saturated carbocycles. The second kappa shape index (κ2) is 5.56. The first-order valence-corrected chi connectivity index (χ1v) is 7.53. The van der Waals surface area contributed by atoms with E-state index in [9.17, 15) is 0 Å². The minimum absolute atomic E-state index is 0.383. The van der Waals surface area contributed by atoms with Gasteiger partial charge in [-0.2, -0.15) is 0 Å². The van der Waals surface area contributed by atoms with Crippen LogP contribution >= 0.6 is 0 Å². The summed E-state index contributed by atoms with van der Waals surface area (Å²) < 4.78 is 5.51. The highest BCUT2D eigenvalue weighted by Crippen LogP contribution is 2.21. The zero-order valence-electron chi connectivity index (χ0n) is 13.2. The monoisotopic (exact) mass is 286 g/mol. The SMILES string of the molecule is Cc1nc(CN2CCc3nc(C(C)C)ncc3C2)c(C)o1. The van der Waals surface area contributed by atoms with E-state index in [1.54, 1.807) is 0 Å². The molecule has 21 heavy (non-hydrogen) atoms. The maximum Gasteiger partial charge on any atom is 0.191 e. The van der Waals surface area contributed by atoms with Gasteiger partial charge in [-0.15, -0.1) is 0 Å². The smallest absolute Gasteiger partial charge is 0.191 e. The summed E-state index contributed by atoms with van der Waals surface area (Å²) in [6.07, 6.45) is 2.97. The predicted octanol–water partition coefficient (Wildman–Crippen LogP) is 2.76. The van der Waals surface area contributed by atoms with Crippen molar-refractivity contribution in [1.82, 2.24) is 19.9 Å². The Hall–Kier alpha value is -1.75. The first-order chi connectivity index (χ1) is 10.0. The fourth-order valence-corrected chi connectivity index (χ4v) is 2.73. The lowest BCUT2D eigenvalue weighted by atomic mass is 10.1. The van der Waals surface area contributed by atoms with Crippen LogP contribution in [0.1, 0.15) is 54.2 Å². The average molecular weight is 286 g/mol. The van der Waals surface area contributed by atoms with E-state index < -0.39 is 0 Å². The van der Waals surface area contributed by atoms with Crippen LogP contribution in [0.5, 0.6) is 0 Å². The lowest BCUT2D eigenvalue weighted by Crippen LogP contribution is -2.31. The molecule has 5 heteroatoms. The van der Waals surface area contributed by atoms with Crippen LogP contribution in [0.2, 0.25) is 0 Å². The highest BCUT2D eigenvalue weighted by molar-refractivity contribution is 5.21. The van der Waals surface area contributed by atoms with Gasteiger partial charge >= 0.3 is 0 Å². The van der Waals surface area contributed by atoms with Crippen LogP contribution in [0.15, 0.2) is 10.6 Å². The molecule has 0 spiro atoms. The van der Waals surface area contributed by atoms with Gasteiger partial charge in [-0.05, 0) is 6.92 Å². The molecule has 0 bridgehead atoms. The molecule has 0 aromatic carbocycles. The number of aryl methyl sites for hydroxylation is 2. The van der Waals surface area contributed by atoms with Crippen molar-refractivity contribution >= 4 is 0 Å². The number of fused-ring (bicyclic) bond motifs is 1. The van der Waals surface area contributed by atoms with Gasteiger partial charge in [-0.25, -0.2) is 15.0 Å². The summed E-state index contributed by atoms with van der Waals surface area (Å²) in [5.74, 6) is 2.99. The minimum atomic E-state index is 0.383. The molecule has 0 amide bonds. The fourth-order valence-electron chi connectivity index (χ4n) is 2.73. The Kier molecular flexibility index (Phi) is 3.76. The van der Waals surface area contributed by atoms with Crippen molar-refractivity contribution in [3.8, 4) is 0 Å². The Morgan fingerprint density at radius 3 is 2.76 bits per heavy atom. The highest BCUT2D eigenvalue weighted by Gasteiger charge is 2.20.